The second-order valence-electron chi connectivity index (χ2n) is 13.2. The molecule has 3 atom stereocenters. The summed E-state index contributed by atoms with van der Waals surface area (Å²) < 4.78 is 5.60. The number of hydrogen-bond acceptors (Lipinski definition) is 7. The number of amides is 3. The molecule has 11 heteroatoms. The number of aromatic amines is 1. The predicted molar refractivity (Wildman–Crippen MR) is 193 cm³/mol. The Bertz CT molecular complexity index is 1890. The Morgan fingerprint density at radius 2 is 1.80 bits per heavy atom. The first kappa shape index (κ1) is 35.6. The molecule has 3 heterocycles. The molecule has 0 bridgehead atoms. The molecule has 4 aromatic rings. The molecule has 2 fully saturated rings. The summed E-state index contributed by atoms with van der Waals surface area (Å²) >= 11 is 0. The van der Waals surface area contributed by atoms with Crippen LogP contribution in [-0.4, -0.2) is 98.0 Å². The van der Waals surface area contributed by atoms with Crippen molar-refractivity contribution in [1.29, 1.82) is 0 Å². The van der Waals surface area contributed by atoms with Crippen molar-refractivity contribution >= 4 is 34.4 Å². The van der Waals surface area contributed by atoms with Gasteiger partial charge in [0.05, 0.1) is 24.7 Å². The van der Waals surface area contributed by atoms with Crippen LogP contribution in [0.2, 0.25) is 0 Å². The average Bonchev–Trinajstić information content (AvgIpc) is 3.56. The number of Topliss-reactive ketones (excluding diaryl/α,β-unsaturated/α-hetero) is 1. The first-order valence-electron chi connectivity index (χ1n) is 17.5. The van der Waals surface area contributed by atoms with Crippen LogP contribution in [-0.2, 0) is 38.5 Å². The lowest BCUT2D eigenvalue weighted by Crippen LogP contribution is -2.75. The van der Waals surface area contributed by atoms with Crippen LogP contribution in [0.1, 0.15) is 53.7 Å². The van der Waals surface area contributed by atoms with Crippen molar-refractivity contribution in [3.63, 3.8) is 0 Å². The highest BCUT2D eigenvalue weighted by molar-refractivity contribution is 6.08. The molecule has 11 nitrogen and oxygen atoms in total. The predicted octanol–water partition coefficient (Wildman–Crippen LogP) is 4.86. The minimum absolute atomic E-state index is 0.0364. The highest BCUT2D eigenvalue weighted by Crippen LogP contribution is 2.32. The summed E-state index contributed by atoms with van der Waals surface area (Å²) in [5.41, 5.74) is 3.92. The third kappa shape index (κ3) is 7.74. The second-order valence-corrected chi connectivity index (χ2v) is 13.2. The van der Waals surface area contributed by atoms with Gasteiger partial charge in [0.15, 0.2) is 5.78 Å². The number of carbonyl (C=O) groups is 4. The van der Waals surface area contributed by atoms with E-state index in [1.807, 2.05) is 62.4 Å². The largest absolute Gasteiger partial charge is 0.508 e. The van der Waals surface area contributed by atoms with Crippen molar-refractivity contribution in [1.82, 2.24) is 24.8 Å². The Morgan fingerprint density at radius 1 is 1.04 bits per heavy atom. The number of aromatic hydroxyl groups is 1. The summed E-state index contributed by atoms with van der Waals surface area (Å²) in [4.78, 5) is 62.4. The van der Waals surface area contributed by atoms with Gasteiger partial charge in [0.2, 0.25) is 17.7 Å². The standard InChI is InChI=1S/C40H45N5O6/c1-4-20-43-26-38(49)44-34(22-29-14-17-31(46)18-15-29)40(50)42(25-36(44)45(43)37(48)19-16-28-10-7-6-8-11-28)24-30-12-9-13-32-33(23-41-39(30)32)35(47)21-27(3)51-5-2/h4,6-15,17-18,23,27,34,36,41,46H,1,5,16,19-22,24-26H2,2-3H3/t27?,34-,36-/m0/s1. The number of benzene rings is 3. The van der Waals surface area contributed by atoms with Crippen LogP contribution in [0.3, 0.4) is 0 Å². The van der Waals surface area contributed by atoms with Gasteiger partial charge < -0.3 is 24.6 Å². The van der Waals surface area contributed by atoms with Crippen LogP contribution in [0.4, 0.5) is 0 Å². The number of nitrogens with one attached hydrogen (secondary N) is 1. The van der Waals surface area contributed by atoms with E-state index in [-0.39, 0.29) is 80.8 Å². The summed E-state index contributed by atoms with van der Waals surface area (Å²) in [6.45, 7) is 8.67. The van der Waals surface area contributed by atoms with Gasteiger partial charge in [0.1, 0.15) is 18.0 Å². The average molecular weight is 692 g/mol. The molecule has 2 N–H and O–H groups in total. The van der Waals surface area contributed by atoms with Crippen LogP contribution in [0, 0.1) is 0 Å². The Labute approximate surface area is 298 Å². The summed E-state index contributed by atoms with van der Waals surface area (Å²) in [7, 11) is 0. The maximum atomic E-state index is 14.5. The van der Waals surface area contributed by atoms with Crippen molar-refractivity contribution in [2.24, 2.45) is 0 Å². The van der Waals surface area contributed by atoms with E-state index >= 15 is 0 Å². The van der Waals surface area contributed by atoms with Gasteiger partial charge in [0.25, 0.3) is 0 Å². The monoisotopic (exact) mass is 691 g/mol. The molecule has 0 spiro atoms. The number of rotatable bonds is 14. The van der Waals surface area contributed by atoms with Crippen LogP contribution < -0.4 is 0 Å². The Morgan fingerprint density at radius 3 is 2.53 bits per heavy atom. The zero-order valence-electron chi connectivity index (χ0n) is 29.2. The third-order valence-electron chi connectivity index (χ3n) is 9.65. The Hall–Kier alpha value is -5.26. The number of para-hydroxylation sites is 1. The summed E-state index contributed by atoms with van der Waals surface area (Å²) in [6, 6.07) is 21.2. The van der Waals surface area contributed by atoms with E-state index < -0.39 is 12.2 Å². The van der Waals surface area contributed by atoms with Gasteiger partial charge >= 0.3 is 0 Å². The smallest absolute Gasteiger partial charge is 0.246 e. The fourth-order valence-corrected chi connectivity index (χ4v) is 7.27. The maximum Gasteiger partial charge on any atom is 0.246 e. The maximum absolute atomic E-state index is 14.5. The van der Waals surface area contributed by atoms with Crippen molar-refractivity contribution in [2.75, 3.05) is 26.2 Å². The van der Waals surface area contributed by atoms with E-state index in [1.54, 1.807) is 56.4 Å². The lowest BCUT2D eigenvalue weighted by atomic mass is 9.97. The molecule has 2 saturated heterocycles. The summed E-state index contributed by atoms with van der Waals surface area (Å²) in [6.07, 6.45) is 3.60. The number of hydrazine groups is 1. The van der Waals surface area contributed by atoms with E-state index in [0.717, 1.165) is 27.6 Å². The van der Waals surface area contributed by atoms with Crippen molar-refractivity contribution in [2.45, 2.75) is 64.4 Å². The number of hydrogen-bond donors (Lipinski definition) is 2. The second kappa shape index (κ2) is 15.7. The van der Waals surface area contributed by atoms with E-state index in [1.165, 1.54) is 0 Å². The van der Waals surface area contributed by atoms with E-state index in [0.29, 0.717) is 18.6 Å². The Kier molecular flexibility index (Phi) is 11.0. The number of H-pyrrole nitrogens is 1. The van der Waals surface area contributed by atoms with Gasteiger partial charge in [-0.25, -0.2) is 10.0 Å². The SMILES string of the molecule is C=CCN1CC(=O)N2[C@@H](Cc3ccc(O)cc3)C(=O)N(Cc3cccc4c(C(=O)CC(C)OCC)c[nH]c34)C[C@@H]2N1C(=O)CCc1ccccc1. The van der Waals surface area contributed by atoms with Crippen molar-refractivity contribution < 1.29 is 29.0 Å². The number of fused-ring (bicyclic) bond motifs is 2. The van der Waals surface area contributed by atoms with E-state index in [4.69, 9.17) is 4.74 Å². The molecule has 3 aromatic carbocycles. The highest BCUT2D eigenvalue weighted by Gasteiger charge is 2.51. The molecule has 6 rings (SSSR count). The number of piperazine rings is 1. The molecule has 266 valence electrons. The first-order valence-corrected chi connectivity index (χ1v) is 17.5. The van der Waals surface area contributed by atoms with Gasteiger partial charge in [-0.2, -0.15) is 0 Å². The fraction of sp³-hybridized carbons (Fsp3) is 0.350. The zero-order valence-corrected chi connectivity index (χ0v) is 29.2. The van der Waals surface area contributed by atoms with Gasteiger partial charge in [0, 0.05) is 56.1 Å². The number of aryl methyl sites for hydroxylation is 1. The van der Waals surface area contributed by atoms with Crippen LogP contribution in [0.5, 0.6) is 5.75 Å². The highest BCUT2D eigenvalue weighted by atomic mass is 16.5. The number of aromatic nitrogens is 1. The molecule has 0 saturated carbocycles. The molecule has 1 aromatic heterocycles. The molecular formula is C40H45N5O6. The lowest BCUT2D eigenvalue weighted by Gasteiger charge is -2.55. The topological polar surface area (TPSA) is 126 Å². The number of ketones is 1. The molecule has 0 radical (unpaired) electrons. The van der Waals surface area contributed by atoms with Crippen molar-refractivity contribution in [3.05, 3.63) is 114 Å². The third-order valence-corrected chi connectivity index (χ3v) is 9.65. The normalized spacial score (nSPS) is 18.6. The van der Waals surface area contributed by atoms with Crippen LogP contribution >= 0.6 is 0 Å². The molecule has 51 heavy (non-hydrogen) atoms. The number of nitrogens with zero attached hydrogens (tertiary/aromatic N) is 4. The van der Waals surface area contributed by atoms with Gasteiger partial charge in [-0.15, -0.1) is 6.58 Å². The minimum Gasteiger partial charge on any atom is -0.508 e. The van der Waals surface area contributed by atoms with Crippen LogP contribution in [0.15, 0.2) is 91.6 Å². The Balaban J connectivity index is 1.34. The molecule has 3 amide bonds. The fourth-order valence-electron chi connectivity index (χ4n) is 7.27. The number of phenols is 1. The number of carbonyl (C=O) groups excluding carboxylic acids is 4. The lowest BCUT2D eigenvalue weighted by molar-refractivity contribution is -0.205. The van der Waals surface area contributed by atoms with Gasteiger partial charge in [-0.1, -0.05) is 66.7 Å². The van der Waals surface area contributed by atoms with Gasteiger partial charge in [-0.05, 0) is 49.1 Å². The van der Waals surface area contributed by atoms with Crippen molar-refractivity contribution in [3.8, 4) is 5.75 Å². The number of ether oxygens (including phenoxy) is 1. The van der Waals surface area contributed by atoms with Crippen LogP contribution in [0.25, 0.3) is 10.9 Å². The number of phenolic OH excluding ortho intramolecular Hbond substituents is 1. The zero-order chi connectivity index (χ0) is 36.1. The minimum atomic E-state index is -0.892. The van der Waals surface area contributed by atoms with E-state index in [9.17, 15) is 24.3 Å². The first-order chi connectivity index (χ1) is 24.7. The molecule has 2 aliphatic rings. The molecule has 0 aliphatic carbocycles. The van der Waals surface area contributed by atoms with E-state index in [2.05, 4.69) is 11.6 Å². The molecule has 2 aliphatic heterocycles. The van der Waals surface area contributed by atoms with Gasteiger partial charge in [-0.3, -0.25) is 19.2 Å². The quantitative estimate of drug-likeness (QED) is 0.143. The summed E-state index contributed by atoms with van der Waals surface area (Å²) in [5.74, 6) is -0.585. The summed E-state index contributed by atoms with van der Waals surface area (Å²) in [5, 5.41) is 14.1. The molecule has 1 unspecified atom stereocenters. The molecular weight excluding hydrogens is 646 g/mol.